The number of fused-ring (bicyclic) bond motifs is 1. The summed E-state index contributed by atoms with van der Waals surface area (Å²) in [6.07, 6.45) is 4.56. The van der Waals surface area contributed by atoms with Crippen LogP contribution in [0.3, 0.4) is 0 Å². The van der Waals surface area contributed by atoms with E-state index in [-0.39, 0.29) is 17.4 Å². The van der Waals surface area contributed by atoms with E-state index in [2.05, 4.69) is 6.07 Å². The van der Waals surface area contributed by atoms with E-state index in [1.165, 1.54) is 0 Å². The third-order valence-corrected chi connectivity index (χ3v) is 5.95. The van der Waals surface area contributed by atoms with E-state index in [0.717, 1.165) is 36.8 Å². The number of ketones is 1. The van der Waals surface area contributed by atoms with Crippen LogP contribution in [0.2, 0.25) is 0 Å². The van der Waals surface area contributed by atoms with Crippen molar-refractivity contribution in [2.45, 2.75) is 44.1 Å². The minimum Gasteiger partial charge on any atom is -0.595 e. The van der Waals surface area contributed by atoms with E-state index in [1.54, 1.807) is 24.3 Å². The number of carbonyl (C=O) groups is 1. The average Bonchev–Trinajstić information content (AvgIpc) is 3.16. The maximum Gasteiger partial charge on any atom is 0.173 e. The third kappa shape index (κ3) is 3.18. The first-order valence-corrected chi connectivity index (χ1v) is 9.62. The molecule has 1 saturated carbocycles. The van der Waals surface area contributed by atoms with Crippen LogP contribution in [0.25, 0.3) is 11.1 Å². The van der Waals surface area contributed by atoms with E-state index in [9.17, 15) is 15.2 Å². The monoisotopic (exact) mass is 378 g/mol. The van der Waals surface area contributed by atoms with Gasteiger partial charge in [-0.3, -0.25) is 4.79 Å². The van der Waals surface area contributed by atoms with Crippen LogP contribution >= 0.6 is 0 Å². The van der Waals surface area contributed by atoms with Crippen LogP contribution in [0, 0.1) is 22.5 Å². The Morgan fingerprint density at radius 2 is 1.96 bits per heavy atom. The van der Waals surface area contributed by atoms with Crippen LogP contribution in [-0.2, 0) is 0 Å². The van der Waals surface area contributed by atoms with Crippen molar-refractivity contribution < 1.29 is 20.0 Å². The lowest BCUT2D eigenvalue weighted by molar-refractivity contribution is -0.991. The van der Waals surface area contributed by atoms with E-state index < -0.39 is 10.8 Å². The molecule has 2 unspecified atom stereocenters. The van der Waals surface area contributed by atoms with E-state index in [1.807, 2.05) is 18.2 Å². The van der Waals surface area contributed by atoms with Crippen molar-refractivity contribution in [1.29, 1.82) is 5.26 Å². The maximum atomic E-state index is 13.2. The molecule has 2 atom stereocenters. The Morgan fingerprint density at radius 1 is 1.21 bits per heavy atom. The van der Waals surface area contributed by atoms with Gasteiger partial charge in [0.1, 0.15) is 11.4 Å². The molecule has 0 radical (unpaired) electrons. The zero-order valence-electron chi connectivity index (χ0n) is 15.5. The van der Waals surface area contributed by atoms with Crippen LogP contribution in [0.1, 0.15) is 48.9 Å². The summed E-state index contributed by atoms with van der Waals surface area (Å²) < 4.78 is 6.45. The molecule has 2 aromatic carbocycles. The zero-order valence-corrected chi connectivity index (χ0v) is 15.5. The first-order valence-electron chi connectivity index (χ1n) is 9.62. The number of carbonyl (C=O) groups excluding carboxylic acids is 1. The molecule has 0 aromatic heterocycles. The number of benzene rings is 2. The topological polar surface area (TPSA) is 97.8 Å². The Morgan fingerprint density at radius 3 is 2.68 bits per heavy atom. The molecule has 1 aliphatic carbocycles. The molecule has 2 aliphatic rings. The average molecular weight is 378 g/mol. The number of ether oxygens (including phenoxy) is 1. The molecule has 144 valence electrons. The highest BCUT2D eigenvalue weighted by Gasteiger charge is 2.50. The predicted molar refractivity (Wildman–Crippen MR) is 102 cm³/mol. The summed E-state index contributed by atoms with van der Waals surface area (Å²) in [7, 11) is 0. The van der Waals surface area contributed by atoms with Crippen molar-refractivity contribution in [3.63, 3.8) is 0 Å². The van der Waals surface area contributed by atoms with Crippen molar-refractivity contribution in [3.8, 4) is 22.9 Å². The van der Waals surface area contributed by atoms with Crippen molar-refractivity contribution in [2.75, 3.05) is 0 Å². The Labute approximate surface area is 163 Å². The zero-order chi connectivity index (χ0) is 19.7. The fraction of sp³-hybridized carbons (Fsp3) is 0.364. The highest BCUT2D eigenvalue weighted by atomic mass is 16.8. The second kappa shape index (κ2) is 7.36. The SMILES string of the molecule is N#CCCC1C(=O)c2ccc(-c3cccc([NH+]([O-])O)c3)cc2OC12CCCC2. The highest BCUT2D eigenvalue weighted by molar-refractivity contribution is 6.02. The molecule has 6 nitrogen and oxygen atoms in total. The molecule has 2 N–H and O–H groups in total. The summed E-state index contributed by atoms with van der Waals surface area (Å²) in [5.41, 5.74) is 1.85. The Hall–Kier alpha value is -2.72. The van der Waals surface area contributed by atoms with E-state index in [4.69, 9.17) is 10.00 Å². The lowest BCUT2D eigenvalue weighted by Crippen LogP contribution is -2.99. The van der Waals surface area contributed by atoms with Gasteiger partial charge in [-0.25, -0.2) is 5.21 Å². The normalized spacial score (nSPS) is 21.0. The van der Waals surface area contributed by atoms with Crippen LogP contribution in [0.5, 0.6) is 5.75 Å². The number of hydrogen-bond donors (Lipinski definition) is 2. The molecule has 1 fully saturated rings. The van der Waals surface area contributed by atoms with Crippen LogP contribution in [0.15, 0.2) is 42.5 Å². The highest BCUT2D eigenvalue weighted by Crippen LogP contribution is 2.48. The standard InChI is InChI=1S/C22H22N2O4/c23-12-4-7-19-21(25)18-9-8-16(15-5-3-6-17(13-15)24(26)27)14-20(18)28-22(19)10-1-2-11-22/h3,5-6,8-9,13-14,19,24,26H,1-2,4,7,10-11H2. The Balaban J connectivity index is 1.73. The number of nitrogens with one attached hydrogen (secondary N) is 1. The molecule has 1 spiro atoms. The number of rotatable bonds is 4. The van der Waals surface area contributed by atoms with E-state index >= 15 is 0 Å². The minimum atomic E-state index is -0.975. The van der Waals surface area contributed by atoms with Gasteiger partial charge in [0.2, 0.25) is 0 Å². The lowest BCUT2D eigenvalue weighted by atomic mass is 9.75. The second-order valence-corrected chi connectivity index (χ2v) is 7.58. The molecular formula is C22H22N2O4. The molecule has 6 heteroatoms. The third-order valence-electron chi connectivity index (χ3n) is 5.95. The van der Waals surface area contributed by atoms with Gasteiger partial charge in [-0.05, 0) is 55.4 Å². The summed E-state index contributed by atoms with van der Waals surface area (Å²) in [6.45, 7) is 0. The Kier molecular flexibility index (Phi) is 4.90. The molecule has 28 heavy (non-hydrogen) atoms. The van der Waals surface area contributed by atoms with Gasteiger partial charge in [-0.2, -0.15) is 10.5 Å². The smallest absolute Gasteiger partial charge is 0.173 e. The number of nitrogens with zero attached hydrogens (tertiary/aromatic N) is 1. The molecule has 0 bridgehead atoms. The molecule has 1 heterocycles. The summed E-state index contributed by atoms with van der Waals surface area (Å²) in [6, 6.07) is 14.3. The lowest BCUT2D eigenvalue weighted by Gasteiger charge is -2.41. The summed E-state index contributed by atoms with van der Waals surface area (Å²) in [4.78, 5) is 13.2. The first kappa shape index (κ1) is 18.6. The van der Waals surface area contributed by atoms with Gasteiger partial charge < -0.3 is 9.94 Å². The maximum absolute atomic E-state index is 13.2. The van der Waals surface area contributed by atoms with Gasteiger partial charge in [0, 0.05) is 18.6 Å². The van der Waals surface area contributed by atoms with Crippen molar-refractivity contribution >= 4 is 11.5 Å². The molecule has 4 rings (SSSR count). The van der Waals surface area contributed by atoms with Gasteiger partial charge in [-0.15, -0.1) is 0 Å². The summed E-state index contributed by atoms with van der Waals surface area (Å²) in [5.74, 6) is 0.353. The molecule has 1 aliphatic heterocycles. The van der Waals surface area contributed by atoms with E-state index in [0.29, 0.717) is 24.2 Å². The van der Waals surface area contributed by atoms with Gasteiger partial charge >= 0.3 is 0 Å². The van der Waals surface area contributed by atoms with Crippen molar-refractivity contribution in [2.24, 2.45) is 5.92 Å². The largest absolute Gasteiger partial charge is 0.595 e. The number of hydrogen-bond acceptors (Lipinski definition) is 5. The number of Topliss-reactive ketones (excluding diaryl/α,β-unsaturated/α-hetero) is 1. The van der Waals surface area contributed by atoms with Gasteiger partial charge in [0.05, 0.1) is 17.6 Å². The quantitative estimate of drug-likeness (QED) is 0.793. The Bertz CT molecular complexity index is 942. The number of quaternary nitrogens is 1. The molecule has 2 aromatic rings. The van der Waals surface area contributed by atoms with Gasteiger partial charge in [-0.1, -0.05) is 18.2 Å². The van der Waals surface area contributed by atoms with Crippen LogP contribution < -0.4 is 9.96 Å². The molecular weight excluding hydrogens is 356 g/mol. The number of nitriles is 1. The van der Waals surface area contributed by atoms with Gasteiger partial charge in [0.25, 0.3) is 0 Å². The predicted octanol–water partition coefficient (Wildman–Crippen LogP) is 3.56. The fourth-order valence-corrected chi connectivity index (χ4v) is 4.57. The van der Waals surface area contributed by atoms with Crippen molar-refractivity contribution in [1.82, 2.24) is 0 Å². The fourth-order valence-electron chi connectivity index (χ4n) is 4.57. The summed E-state index contributed by atoms with van der Waals surface area (Å²) >= 11 is 0. The first-order chi connectivity index (χ1) is 13.5. The second-order valence-electron chi connectivity index (χ2n) is 7.58. The van der Waals surface area contributed by atoms with Crippen LogP contribution in [0.4, 0.5) is 5.69 Å². The van der Waals surface area contributed by atoms with Crippen molar-refractivity contribution in [3.05, 3.63) is 53.2 Å². The minimum absolute atomic E-state index is 0.0595. The van der Waals surface area contributed by atoms with Crippen LogP contribution in [-0.4, -0.2) is 16.6 Å². The van der Waals surface area contributed by atoms with Gasteiger partial charge in [0.15, 0.2) is 11.5 Å². The summed E-state index contributed by atoms with van der Waals surface area (Å²) in [5, 5.41) is 28.5. The molecule has 0 saturated heterocycles. The molecule has 0 amide bonds.